The van der Waals surface area contributed by atoms with Crippen LogP contribution in [0.2, 0.25) is 0 Å². The lowest BCUT2D eigenvalue weighted by atomic mass is 10.2. The summed E-state index contributed by atoms with van der Waals surface area (Å²) in [6.07, 6.45) is 4.09. The summed E-state index contributed by atoms with van der Waals surface area (Å²) >= 11 is 1.12. The van der Waals surface area contributed by atoms with E-state index >= 15 is 0 Å². The number of amides is 1. The normalized spacial score (nSPS) is 14.3. The van der Waals surface area contributed by atoms with Gasteiger partial charge in [0, 0.05) is 12.7 Å². The molecular formula is C13H14N4OS. The fourth-order valence-electron chi connectivity index (χ4n) is 1.79. The van der Waals surface area contributed by atoms with Crippen molar-refractivity contribution in [1.29, 1.82) is 0 Å². The average Bonchev–Trinajstić information content (AvgIpc) is 3.19. The Bertz CT molecular complexity index is 592. The molecule has 1 aliphatic carbocycles. The maximum atomic E-state index is 12.0. The van der Waals surface area contributed by atoms with E-state index in [9.17, 15) is 4.79 Å². The molecule has 0 atom stereocenters. The molecule has 2 aromatic heterocycles. The highest BCUT2D eigenvalue weighted by molar-refractivity contribution is 7.09. The topological polar surface area (TPSA) is 80.9 Å². The van der Waals surface area contributed by atoms with Crippen LogP contribution in [0.1, 0.15) is 22.5 Å². The zero-order chi connectivity index (χ0) is 13.2. The van der Waals surface area contributed by atoms with Gasteiger partial charge in [0.1, 0.15) is 10.6 Å². The molecule has 5 nitrogen and oxygen atoms in total. The van der Waals surface area contributed by atoms with Gasteiger partial charge in [0.15, 0.2) is 0 Å². The van der Waals surface area contributed by atoms with Gasteiger partial charge in [-0.2, -0.15) is 4.37 Å². The van der Waals surface area contributed by atoms with Gasteiger partial charge in [-0.05, 0) is 42.4 Å². The number of hydrogen-bond donors (Lipinski definition) is 2. The van der Waals surface area contributed by atoms with E-state index in [1.807, 2.05) is 18.2 Å². The highest BCUT2D eigenvalue weighted by atomic mass is 32.1. The molecule has 1 saturated carbocycles. The van der Waals surface area contributed by atoms with E-state index < -0.39 is 0 Å². The number of carbonyl (C=O) groups is 1. The van der Waals surface area contributed by atoms with Gasteiger partial charge in [0.05, 0.1) is 11.4 Å². The maximum Gasteiger partial charge on any atom is 0.265 e. The molecule has 3 rings (SSSR count). The number of anilines is 1. The van der Waals surface area contributed by atoms with Crippen LogP contribution in [0.3, 0.4) is 0 Å². The van der Waals surface area contributed by atoms with E-state index in [0.717, 1.165) is 18.1 Å². The molecule has 0 bridgehead atoms. The van der Waals surface area contributed by atoms with E-state index in [1.165, 1.54) is 12.8 Å². The fourth-order valence-corrected chi connectivity index (χ4v) is 2.51. The van der Waals surface area contributed by atoms with Crippen LogP contribution < -0.4 is 11.1 Å². The minimum atomic E-state index is -0.135. The summed E-state index contributed by atoms with van der Waals surface area (Å²) in [5.74, 6) is 0.512. The van der Waals surface area contributed by atoms with Crippen LogP contribution in [0, 0.1) is 5.92 Å². The Hall–Kier alpha value is -1.95. The van der Waals surface area contributed by atoms with Crippen molar-refractivity contribution in [3.8, 4) is 11.4 Å². The number of pyridine rings is 1. The number of nitrogen functional groups attached to an aromatic ring is 1. The third-order valence-electron chi connectivity index (χ3n) is 3.09. The summed E-state index contributed by atoms with van der Waals surface area (Å²) in [5.41, 5.74) is 7.70. The molecule has 0 aliphatic heterocycles. The highest BCUT2D eigenvalue weighted by Crippen LogP contribution is 2.30. The third-order valence-corrected chi connectivity index (χ3v) is 3.95. The number of hydrogen-bond acceptors (Lipinski definition) is 5. The van der Waals surface area contributed by atoms with Crippen molar-refractivity contribution in [3.63, 3.8) is 0 Å². The Balaban J connectivity index is 1.79. The van der Waals surface area contributed by atoms with Crippen LogP contribution in [0.5, 0.6) is 0 Å². The lowest BCUT2D eigenvalue weighted by Gasteiger charge is -2.02. The minimum Gasteiger partial charge on any atom is -0.396 e. The zero-order valence-electron chi connectivity index (χ0n) is 10.3. The van der Waals surface area contributed by atoms with Crippen LogP contribution >= 0.6 is 11.5 Å². The Labute approximate surface area is 115 Å². The summed E-state index contributed by atoms with van der Waals surface area (Å²) < 4.78 is 4.24. The average molecular weight is 274 g/mol. The van der Waals surface area contributed by atoms with Gasteiger partial charge in [-0.1, -0.05) is 6.07 Å². The molecule has 2 aromatic rings. The summed E-state index contributed by atoms with van der Waals surface area (Å²) in [5, 5.41) is 2.90. The monoisotopic (exact) mass is 274 g/mol. The summed E-state index contributed by atoms with van der Waals surface area (Å²) in [4.78, 5) is 16.7. The molecule has 1 amide bonds. The van der Waals surface area contributed by atoms with Crippen molar-refractivity contribution >= 4 is 23.1 Å². The molecule has 0 unspecified atom stereocenters. The van der Waals surface area contributed by atoms with Gasteiger partial charge < -0.3 is 11.1 Å². The van der Waals surface area contributed by atoms with Gasteiger partial charge in [0.2, 0.25) is 0 Å². The number of nitrogens with one attached hydrogen (secondary N) is 1. The fraction of sp³-hybridized carbons (Fsp3) is 0.308. The van der Waals surface area contributed by atoms with Crippen molar-refractivity contribution in [1.82, 2.24) is 14.7 Å². The van der Waals surface area contributed by atoms with Crippen molar-refractivity contribution in [2.45, 2.75) is 12.8 Å². The maximum absolute atomic E-state index is 12.0. The lowest BCUT2D eigenvalue weighted by Crippen LogP contribution is -2.25. The van der Waals surface area contributed by atoms with Crippen molar-refractivity contribution in [2.24, 2.45) is 5.92 Å². The molecule has 3 N–H and O–H groups in total. The van der Waals surface area contributed by atoms with Crippen LogP contribution in [0.25, 0.3) is 11.4 Å². The summed E-state index contributed by atoms with van der Waals surface area (Å²) in [7, 11) is 0. The van der Waals surface area contributed by atoms with Gasteiger partial charge in [-0.3, -0.25) is 9.78 Å². The number of nitrogens with zero attached hydrogens (tertiary/aromatic N) is 2. The first kappa shape index (κ1) is 12.1. The lowest BCUT2D eigenvalue weighted by molar-refractivity contribution is 0.0956. The van der Waals surface area contributed by atoms with E-state index in [2.05, 4.69) is 14.7 Å². The Morgan fingerprint density at radius 2 is 2.32 bits per heavy atom. The third kappa shape index (κ3) is 2.58. The molecule has 0 aromatic carbocycles. The first-order valence-corrected chi connectivity index (χ1v) is 6.98. The second-order valence-corrected chi connectivity index (χ2v) is 5.42. The van der Waals surface area contributed by atoms with E-state index in [-0.39, 0.29) is 5.91 Å². The molecule has 6 heteroatoms. The van der Waals surface area contributed by atoms with Gasteiger partial charge in [-0.15, -0.1) is 0 Å². The van der Waals surface area contributed by atoms with E-state index in [1.54, 1.807) is 6.20 Å². The van der Waals surface area contributed by atoms with Gasteiger partial charge in [-0.25, -0.2) is 0 Å². The number of carbonyl (C=O) groups excluding carboxylic acids is 1. The smallest absolute Gasteiger partial charge is 0.265 e. The van der Waals surface area contributed by atoms with Crippen molar-refractivity contribution in [2.75, 3.05) is 12.3 Å². The second-order valence-electron chi connectivity index (χ2n) is 4.64. The van der Waals surface area contributed by atoms with Gasteiger partial charge >= 0.3 is 0 Å². The predicted molar refractivity (Wildman–Crippen MR) is 74.8 cm³/mol. The Morgan fingerprint density at radius 3 is 3.00 bits per heavy atom. The highest BCUT2D eigenvalue weighted by Gasteiger charge is 2.24. The van der Waals surface area contributed by atoms with Crippen LogP contribution in [-0.2, 0) is 0 Å². The standard InChI is InChI=1S/C13H14N4OS/c14-10-11(9-3-1-2-6-15-9)17-19-12(10)13(18)16-7-8-4-5-8/h1-3,6,8H,4-5,7,14H2,(H,16,18). The summed E-state index contributed by atoms with van der Waals surface area (Å²) in [6.45, 7) is 0.731. The second kappa shape index (κ2) is 4.97. The number of rotatable bonds is 4. The predicted octanol–water partition coefficient (Wildman–Crippen LogP) is 1.93. The molecule has 2 heterocycles. The van der Waals surface area contributed by atoms with Crippen LogP contribution in [0.4, 0.5) is 5.69 Å². The molecule has 1 fully saturated rings. The molecule has 98 valence electrons. The summed E-state index contributed by atoms with van der Waals surface area (Å²) in [6, 6.07) is 5.53. The number of nitrogens with two attached hydrogens (primary N) is 1. The molecule has 1 aliphatic rings. The van der Waals surface area contributed by atoms with Crippen molar-refractivity contribution < 1.29 is 4.79 Å². The molecule has 19 heavy (non-hydrogen) atoms. The Kier molecular flexibility index (Phi) is 3.16. The van der Waals surface area contributed by atoms with Gasteiger partial charge in [0.25, 0.3) is 5.91 Å². The molecule has 0 radical (unpaired) electrons. The van der Waals surface area contributed by atoms with Crippen LogP contribution in [-0.4, -0.2) is 21.8 Å². The molecule has 0 spiro atoms. The quantitative estimate of drug-likeness (QED) is 0.892. The minimum absolute atomic E-state index is 0.135. The van der Waals surface area contributed by atoms with E-state index in [4.69, 9.17) is 5.73 Å². The first-order valence-electron chi connectivity index (χ1n) is 6.20. The van der Waals surface area contributed by atoms with Crippen LogP contribution in [0.15, 0.2) is 24.4 Å². The van der Waals surface area contributed by atoms with Crippen molar-refractivity contribution in [3.05, 3.63) is 29.3 Å². The Morgan fingerprint density at radius 1 is 1.47 bits per heavy atom. The first-order chi connectivity index (χ1) is 9.25. The molecule has 0 saturated heterocycles. The number of aromatic nitrogens is 2. The SMILES string of the molecule is Nc1c(-c2ccccn2)nsc1C(=O)NCC1CC1. The van der Waals surface area contributed by atoms with E-state index in [0.29, 0.717) is 27.9 Å². The zero-order valence-corrected chi connectivity index (χ0v) is 11.1. The molecular weight excluding hydrogens is 260 g/mol. The largest absolute Gasteiger partial charge is 0.396 e.